The van der Waals surface area contributed by atoms with Crippen molar-refractivity contribution in [2.24, 2.45) is 0 Å². The fourth-order valence-corrected chi connectivity index (χ4v) is 2.30. The molecule has 17 heavy (non-hydrogen) atoms. The number of benzene rings is 1. The number of nitrogens with zero attached hydrogens (tertiary/aromatic N) is 1. The number of rotatable bonds is 2. The number of thiophene rings is 1. The van der Waals surface area contributed by atoms with Crippen LogP contribution in [-0.2, 0) is 0 Å². The van der Waals surface area contributed by atoms with E-state index in [2.05, 4.69) is 0 Å². The van der Waals surface area contributed by atoms with Crippen molar-refractivity contribution < 1.29 is 9.90 Å². The van der Waals surface area contributed by atoms with Crippen LogP contribution in [0.3, 0.4) is 0 Å². The highest BCUT2D eigenvalue weighted by atomic mass is 32.1. The molecule has 5 heteroatoms. The molecule has 4 nitrogen and oxygen atoms in total. The Morgan fingerprint density at radius 2 is 2.00 bits per heavy atom. The Labute approximate surface area is 102 Å². The van der Waals surface area contributed by atoms with Gasteiger partial charge in [-0.15, -0.1) is 0 Å². The summed E-state index contributed by atoms with van der Waals surface area (Å²) in [5.74, 6) is -0.287. The number of carbonyl (C=O) groups is 1. The molecule has 0 radical (unpaired) electrons. The summed E-state index contributed by atoms with van der Waals surface area (Å²) in [6, 6.07) is 10.4. The summed E-state index contributed by atoms with van der Waals surface area (Å²) in [7, 11) is 0. The average Bonchev–Trinajstić information content (AvgIpc) is 2.64. The molecular weight excluding hydrogens is 236 g/mol. The van der Waals surface area contributed by atoms with E-state index in [0.717, 1.165) is 11.3 Å². The van der Waals surface area contributed by atoms with Crippen LogP contribution in [0.25, 0.3) is 0 Å². The van der Waals surface area contributed by atoms with Gasteiger partial charge in [-0.3, -0.25) is 4.79 Å². The predicted molar refractivity (Wildman–Crippen MR) is 65.0 cm³/mol. The summed E-state index contributed by atoms with van der Waals surface area (Å²) < 4.78 is 0. The maximum atomic E-state index is 12.1. The van der Waals surface area contributed by atoms with Crippen molar-refractivity contribution in [1.82, 2.24) is 0 Å². The summed E-state index contributed by atoms with van der Waals surface area (Å²) >= 11 is 0.827. The molecule has 2 rings (SSSR count). The van der Waals surface area contributed by atoms with Crippen molar-refractivity contribution in [2.75, 3.05) is 5.73 Å². The van der Waals surface area contributed by atoms with Crippen LogP contribution in [0.4, 0.5) is 5.69 Å². The van der Waals surface area contributed by atoms with E-state index in [4.69, 9.17) is 11.0 Å². The van der Waals surface area contributed by atoms with Gasteiger partial charge >= 0.3 is 0 Å². The number of hydrogen-bond acceptors (Lipinski definition) is 5. The van der Waals surface area contributed by atoms with Gasteiger partial charge in [0.1, 0.15) is 16.5 Å². The molecule has 3 N–H and O–H groups in total. The van der Waals surface area contributed by atoms with E-state index in [-0.39, 0.29) is 27.0 Å². The molecule has 0 spiro atoms. The fraction of sp³-hybridized carbons (Fsp3) is 0. The minimum Gasteiger partial charge on any atom is -0.498 e. The molecule has 2 aromatic rings. The molecule has 1 heterocycles. The second-order valence-corrected chi connectivity index (χ2v) is 4.33. The van der Waals surface area contributed by atoms with Crippen LogP contribution in [-0.4, -0.2) is 10.9 Å². The lowest BCUT2D eigenvalue weighted by Crippen LogP contribution is -2.02. The molecule has 0 saturated heterocycles. The zero-order valence-corrected chi connectivity index (χ0v) is 9.49. The minimum absolute atomic E-state index is 0.0331. The highest BCUT2D eigenvalue weighted by molar-refractivity contribution is 7.16. The largest absolute Gasteiger partial charge is 0.498 e. The van der Waals surface area contributed by atoms with Gasteiger partial charge in [-0.2, -0.15) is 5.26 Å². The molecule has 0 atom stereocenters. The SMILES string of the molecule is N#Cc1c(O)sc(C(=O)c2ccccc2)c1N. The Bertz CT molecular complexity index is 611. The molecule has 0 amide bonds. The number of anilines is 1. The topological polar surface area (TPSA) is 87.1 Å². The summed E-state index contributed by atoms with van der Waals surface area (Å²) in [5.41, 5.74) is 6.15. The molecule has 1 aromatic heterocycles. The van der Waals surface area contributed by atoms with Crippen molar-refractivity contribution in [2.45, 2.75) is 0 Å². The third-order valence-corrected chi connectivity index (χ3v) is 3.29. The number of nitriles is 1. The molecular formula is C12H8N2O2S. The Morgan fingerprint density at radius 1 is 1.35 bits per heavy atom. The van der Waals surface area contributed by atoms with E-state index in [9.17, 15) is 9.90 Å². The van der Waals surface area contributed by atoms with Gasteiger partial charge in [0, 0.05) is 5.56 Å². The Morgan fingerprint density at radius 3 is 2.53 bits per heavy atom. The van der Waals surface area contributed by atoms with Crippen molar-refractivity contribution >= 4 is 22.8 Å². The van der Waals surface area contributed by atoms with E-state index < -0.39 is 0 Å². The lowest BCUT2D eigenvalue weighted by atomic mass is 10.1. The van der Waals surface area contributed by atoms with Crippen molar-refractivity contribution in [1.29, 1.82) is 5.26 Å². The van der Waals surface area contributed by atoms with Crippen LogP contribution in [0.1, 0.15) is 20.8 Å². The monoisotopic (exact) mass is 244 g/mol. The molecule has 0 saturated carbocycles. The summed E-state index contributed by atoms with van der Waals surface area (Å²) in [5, 5.41) is 18.0. The van der Waals surface area contributed by atoms with E-state index >= 15 is 0 Å². The highest BCUT2D eigenvalue weighted by Crippen LogP contribution is 2.37. The highest BCUT2D eigenvalue weighted by Gasteiger charge is 2.21. The number of nitrogen functional groups attached to an aromatic ring is 1. The second-order valence-electron chi connectivity index (χ2n) is 3.33. The van der Waals surface area contributed by atoms with Crippen LogP contribution >= 0.6 is 11.3 Å². The summed E-state index contributed by atoms with van der Waals surface area (Å²) in [6.45, 7) is 0. The standard InChI is InChI=1S/C12H8N2O2S/c13-6-8-9(14)11(17-12(8)16)10(15)7-4-2-1-3-5-7/h1-5,16H,14H2. The van der Waals surface area contributed by atoms with E-state index in [1.165, 1.54) is 0 Å². The molecule has 0 bridgehead atoms. The smallest absolute Gasteiger partial charge is 0.205 e. The Balaban J connectivity index is 2.50. The van der Waals surface area contributed by atoms with Gasteiger partial charge in [-0.1, -0.05) is 41.7 Å². The maximum absolute atomic E-state index is 12.1. The molecule has 0 unspecified atom stereocenters. The summed E-state index contributed by atoms with van der Waals surface area (Å²) in [6.07, 6.45) is 0. The van der Waals surface area contributed by atoms with Gasteiger partial charge in [0.2, 0.25) is 5.78 Å². The second kappa shape index (κ2) is 4.28. The van der Waals surface area contributed by atoms with Crippen LogP contribution in [0.5, 0.6) is 5.06 Å². The van der Waals surface area contributed by atoms with Gasteiger partial charge in [0.15, 0.2) is 5.06 Å². The van der Waals surface area contributed by atoms with Crippen LogP contribution in [0.2, 0.25) is 0 Å². The lowest BCUT2D eigenvalue weighted by molar-refractivity contribution is 0.104. The number of aromatic hydroxyl groups is 1. The average molecular weight is 244 g/mol. The van der Waals surface area contributed by atoms with E-state index in [1.54, 1.807) is 36.4 Å². The molecule has 0 aliphatic carbocycles. The fourth-order valence-electron chi connectivity index (χ4n) is 1.43. The molecule has 0 fully saturated rings. The maximum Gasteiger partial charge on any atom is 0.205 e. The molecule has 1 aromatic carbocycles. The summed E-state index contributed by atoms with van der Waals surface area (Å²) in [4.78, 5) is 12.3. The van der Waals surface area contributed by atoms with Gasteiger partial charge < -0.3 is 10.8 Å². The van der Waals surface area contributed by atoms with E-state index in [1.807, 2.05) is 0 Å². The van der Waals surface area contributed by atoms with Crippen molar-refractivity contribution in [3.63, 3.8) is 0 Å². The van der Waals surface area contributed by atoms with Crippen molar-refractivity contribution in [3.8, 4) is 11.1 Å². The first-order chi connectivity index (χ1) is 8.15. The third-order valence-electron chi connectivity index (χ3n) is 2.28. The number of ketones is 1. The molecule has 0 aliphatic rings. The number of carbonyl (C=O) groups excluding carboxylic acids is 1. The van der Waals surface area contributed by atoms with Gasteiger partial charge in [-0.05, 0) is 0 Å². The number of hydrogen-bond donors (Lipinski definition) is 2. The van der Waals surface area contributed by atoms with E-state index in [0.29, 0.717) is 5.56 Å². The third kappa shape index (κ3) is 1.86. The quantitative estimate of drug-likeness (QED) is 0.792. The first kappa shape index (κ1) is 11.2. The normalized spacial score (nSPS) is 9.82. The molecule has 0 aliphatic heterocycles. The first-order valence-corrected chi connectivity index (χ1v) is 5.58. The zero-order chi connectivity index (χ0) is 12.4. The van der Waals surface area contributed by atoms with Crippen molar-refractivity contribution in [3.05, 3.63) is 46.3 Å². The Kier molecular flexibility index (Phi) is 2.81. The van der Waals surface area contributed by atoms with Gasteiger partial charge in [0.05, 0.1) is 5.69 Å². The van der Waals surface area contributed by atoms with Crippen LogP contribution < -0.4 is 5.73 Å². The van der Waals surface area contributed by atoms with Gasteiger partial charge in [-0.25, -0.2) is 0 Å². The molecule has 84 valence electrons. The van der Waals surface area contributed by atoms with Crippen LogP contribution in [0, 0.1) is 11.3 Å². The number of nitrogens with two attached hydrogens (primary N) is 1. The van der Waals surface area contributed by atoms with Gasteiger partial charge in [0.25, 0.3) is 0 Å². The first-order valence-electron chi connectivity index (χ1n) is 4.76. The Hall–Kier alpha value is -2.32. The minimum atomic E-state index is -0.287. The van der Waals surface area contributed by atoms with Crippen LogP contribution in [0.15, 0.2) is 30.3 Å². The lowest BCUT2D eigenvalue weighted by Gasteiger charge is -1.98. The zero-order valence-electron chi connectivity index (χ0n) is 8.68. The predicted octanol–water partition coefficient (Wildman–Crippen LogP) is 2.14.